The molecule has 3 aliphatic carbocycles. The Bertz CT molecular complexity index is 837. The van der Waals surface area contributed by atoms with Gasteiger partial charge in [0, 0.05) is 0 Å². The first-order chi connectivity index (χ1) is 12.6. The van der Waals surface area contributed by atoms with E-state index in [2.05, 4.69) is 17.3 Å². The monoisotopic (exact) mass is 352 g/mol. The van der Waals surface area contributed by atoms with Crippen LogP contribution in [0, 0.1) is 29.1 Å². The molecule has 2 amide bonds. The van der Waals surface area contributed by atoms with Crippen molar-refractivity contribution in [2.45, 2.75) is 19.8 Å². The first-order valence-electron chi connectivity index (χ1n) is 9.13. The summed E-state index contributed by atoms with van der Waals surface area (Å²) in [5.74, 6) is -0.0346. The molecule has 26 heavy (non-hydrogen) atoms. The second-order valence-corrected chi connectivity index (χ2v) is 7.61. The normalized spacial score (nSPS) is 32.9. The van der Waals surface area contributed by atoms with Gasteiger partial charge in [0.2, 0.25) is 0 Å². The SMILES string of the molecule is CCOc1cc(/C=N\N2C(=O)[C@@H]3[C@H](C2=O)[C@H]2C=C[C@H]3C23CC3)ccc1O. The number of rotatable bonds is 4. The second-order valence-electron chi connectivity index (χ2n) is 7.61. The first kappa shape index (κ1) is 15.6. The van der Waals surface area contributed by atoms with Gasteiger partial charge in [0.05, 0.1) is 24.7 Å². The van der Waals surface area contributed by atoms with Gasteiger partial charge in [0.15, 0.2) is 11.5 Å². The maximum Gasteiger partial charge on any atom is 0.254 e. The fourth-order valence-electron chi connectivity index (χ4n) is 5.18. The van der Waals surface area contributed by atoms with E-state index in [4.69, 9.17) is 4.74 Å². The molecule has 3 fully saturated rings. The van der Waals surface area contributed by atoms with Gasteiger partial charge in [-0.3, -0.25) is 9.59 Å². The fraction of sp³-hybridized carbons (Fsp3) is 0.450. The number of ether oxygens (including phenoxy) is 1. The van der Waals surface area contributed by atoms with Gasteiger partial charge in [-0.2, -0.15) is 10.1 Å². The molecular weight excluding hydrogens is 332 g/mol. The summed E-state index contributed by atoms with van der Waals surface area (Å²) in [6, 6.07) is 4.81. The third-order valence-corrected chi connectivity index (χ3v) is 6.44. The van der Waals surface area contributed by atoms with Crippen molar-refractivity contribution in [3.63, 3.8) is 0 Å². The number of amides is 2. The van der Waals surface area contributed by atoms with Crippen LogP contribution in [0.15, 0.2) is 35.5 Å². The van der Waals surface area contributed by atoms with Crippen LogP contribution < -0.4 is 4.74 Å². The van der Waals surface area contributed by atoms with Gasteiger partial charge in [0.25, 0.3) is 11.8 Å². The van der Waals surface area contributed by atoms with E-state index in [-0.39, 0.29) is 46.7 Å². The van der Waals surface area contributed by atoms with Crippen molar-refractivity contribution in [1.82, 2.24) is 5.01 Å². The van der Waals surface area contributed by atoms with Gasteiger partial charge in [-0.05, 0) is 60.8 Å². The molecule has 1 N–H and O–H groups in total. The number of phenols is 1. The van der Waals surface area contributed by atoms with Gasteiger partial charge in [-0.1, -0.05) is 12.2 Å². The van der Waals surface area contributed by atoms with Crippen LogP contribution in [-0.2, 0) is 9.59 Å². The second kappa shape index (κ2) is 5.19. The highest BCUT2D eigenvalue weighted by atomic mass is 16.5. The molecule has 1 aromatic carbocycles. The fourth-order valence-corrected chi connectivity index (χ4v) is 5.18. The molecule has 0 aromatic heterocycles. The van der Waals surface area contributed by atoms with Gasteiger partial charge in [-0.15, -0.1) is 0 Å². The highest BCUT2D eigenvalue weighted by Crippen LogP contribution is 2.73. The van der Waals surface area contributed by atoms with Crippen LogP contribution in [0.3, 0.4) is 0 Å². The number of aromatic hydroxyl groups is 1. The van der Waals surface area contributed by atoms with Crippen LogP contribution in [0.5, 0.6) is 11.5 Å². The third kappa shape index (κ3) is 1.90. The number of phenolic OH excluding ortho intramolecular Hbond substituents is 1. The Balaban J connectivity index is 1.39. The van der Waals surface area contributed by atoms with Crippen molar-refractivity contribution in [3.05, 3.63) is 35.9 Å². The maximum absolute atomic E-state index is 12.8. The molecule has 5 rings (SSSR count). The molecule has 1 spiro atoms. The molecule has 0 radical (unpaired) electrons. The van der Waals surface area contributed by atoms with Gasteiger partial charge in [0.1, 0.15) is 0 Å². The van der Waals surface area contributed by atoms with Crippen molar-refractivity contribution in [3.8, 4) is 11.5 Å². The van der Waals surface area contributed by atoms with Crippen LogP contribution in [0.4, 0.5) is 0 Å². The zero-order valence-electron chi connectivity index (χ0n) is 14.5. The van der Waals surface area contributed by atoms with E-state index < -0.39 is 0 Å². The summed E-state index contributed by atoms with van der Waals surface area (Å²) < 4.78 is 5.35. The smallest absolute Gasteiger partial charge is 0.254 e. The number of allylic oxidation sites excluding steroid dienone is 2. The van der Waals surface area contributed by atoms with E-state index in [1.165, 1.54) is 12.3 Å². The maximum atomic E-state index is 12.8. The van der Waals surface area contributed by atoms with Crippen LogP contribution in [0.1, 0.15) is 25.3 Å². The number of hydrogen-bond donors (Lipinski definition) is 1. The van der Waals surface area contributed by atoms with Gasteiger partial charge in [-0.25, -0.2) is 0 Å². The number of hydrazone groups is 1. The molecule has 6 nitrogen and oxygen atoms in total. The minimum Gasteiger partial charge on any atom is -0.504 e. The number of imide groups is 1. The zero-order chi connectivity index (χ0) is 18.1. The molecule has 2 saturated carbocycles. The third-order valence-electron chi connectivity index (χ3n) is 6.44. The molecule has 2 bridgehead atoms. The summed E-state index contributed by atoms with van der Waals surface area (Å²) in [4.78, 5) is 25.7. The summed E-state index contributed by atoms with van der Waals surface area (Å²) >= 11 is 0. The van der Waals surface area contributed by atoms with Crippen LogP contribution in [-0.4, -0.2) is 34.8 Å². The Morgan fingerprint density at radius 3 is 2.46 bits per heavy atom. The van der Waals surface area contributed by atoms with E-state index in [1.807, 2.05) is 6.92 Å². The standard InChI is InChI=1S/C20H20N2O4/c1-2-26-15-9-11(3-6-14(15)23)10-21-22-18(24)16-12-4-5-13(17(16)19(22)25)20(12)7-8-20/h3-6,9-10,12-13,16-17,23H,2,7-8H2,1H3/b21-10-/t12-,13-,16-,17+/m1/s1. The van der Waals surface area contributed by atoms with E-state index in [1.54, 1.807) is 12.1 Å². The number of nitrogens with zero attached hydrogens (tertiary/aromatic N) is 2. The lowest BCUT2D eigenvalue weighted by Gasteiger charge is -2.18. The predicted molar refractivity (Wildman–Crippen MR) is 93.5 cm³/mol. The minimum atomic E-state index is -0.240. The Morgan fingerprint density at radius 2 is 1.88 bits per heavy atom. The Morgan fingerprint density at radius 1 is 1.23 bits per heavy atom. The quantitative estimate of drug-likeness (QED) is 0.512. The largest absolute Gasteiger partial charge is 0.504 e. The lowest BCUT2D eigenvalue weighted by Crippen LogP contribution is -2.30. The van der Waals surface area contributed by atoms with Crippen LogP contribution in [0.2, 0.25) is 0 Å². The molecule has 6 heteroatoms. The van der Waals surface area contributed by atoms with Crippen LogP contribution >= 0.6 is 0 Å². The van der Waals surface area contributed by atoms with E-state index in [9.17, 15) is 14.7 Å². The lowest BCUT2D eigenvalue weighted by atomic mass is 9.85. The highest BCUT2D eigenvalue weighted by Gasteiger charge is 2.73. The summed E-state index contributed by atoms with van der Waals surface area (Å²) in [6.07, 6.45) is 8.01. The number of carbonyl (C=O) groups excluding carboxylic acids is 2. The minimum absolute atomic E-state index is 0.0456. The number of hydrogen-bond acceptors (Lipinski definition) is 5. The Kier molecular flexibility index (Phi) is 3.12. The Labute approximate surface area is 151 Å². The molecule has 0 unspecified atom stereocenters. The predicted octanol–water partition coefficient (Wildman–Crippen LogP) is 2.32. The first-order valence-corrected chi connectivity index (χ1v) is 9.13. The van der Waals surface area contributed by atoms with Crippen molar-refractivity contribution >= 4 is 18.0 Å². The van der Waals surface area contributed by atoms with Crippen molar-refractivity contribution < 1.29 is 19.4 Å². The number of carbonyl (C=O) groups is 2. The summed E-state index contributed by atoms with van der Waals surface area (Å²) in [7, 11) is 0. The summed E-state index contributed by atoms with van der Waals surface area (Å²) in [5.41, 5.74) is 0.850. The Hall–Kier alpha value is -2.63. The molecule has 134 valence electrons. The van der Waals surface area contributed by atoms with E-state index >= 15 is 0 Å². The lowest BCUT2D eigenvalue weighted by molar-refractivity contribution is -0.141. The molecule has 1 aromatic rings. The van der Waals surface area contributed by atoms with Crippen LogP contribution in [0.25, 0.3) is 0 Å². The molecule has 1 aliphatic heterocycles. The number of benzene rings is 1. The van der Waals surface area contributed by atoms with Gasteiger partial charge >= 0.3 is 0 Å². The molecule has 4 atom stereocenters. The zero-order valence-corrected chi connectivity index (χ0v) is 14.5. The average Bonchev–Trinajstić information content (AvgIpc) is 3.23. The van der Waals surface area contributed by atoms with Crippen molar-refractivity contribution in [1.29, 1.82) is 0 Å². The van der Waals surface area contributed by atoms with Crippen molar-refractivity contribution in [2.75, 3.05) is 6.61 Å². The summed E-state index contributed by atoms with van der Waals surface area (Å²) in [5, 5.41) is 15.0. The van der Waals surface area contributed by atoms with E-state index in [0.717, 1.165) is 17.9 Å². The average molecular weight is 352 g/mol. The number of fused-ring (bicyclic) bond motifs is 3. The topological polar surface area (TPSA) is 79.2 Å². The van der Waals surface area contributed by atoms with Gasteiger partial charge < -0.3 is 9.84 Å². The van der Waals surface area contributed by atoms with Crippen molar-refractivity contribution in [2.24, 2.45) is 34.2 Å². The van der Waals surface area contributed by atoms with E-state index in [0.29, 0.717) is 17.9 Å². The molecule has 1 heterocycles. The molecular formula is C20H20N2O4. The summed E-state index contributed by atoms with van der Waals surface area (Å²) in [6.45, 7) is 2.26. The molecule has 1 saturated heterocycles. The molecule has 4 aliphatic rings. The highest BCUT2D eigenvalue weighted by molar-refractivity contribution is 6.07.